The van der Waals surface area contributed by atoms with Gasteiger partial charge in [0.1, 0.15) is 0 Å². The molecule has 1 N–H and O–H groups in total. The highest BCUT2D eigenvalue weighted by Crippen LogP contribution is 2.49. The number of benzene rings is 2. The number of allylic oxidation sites excluding steroid dienone is 3. The maximum absolute atomic E-state index is 13.5. The van der Waals surface area contributed by atoms with Crippen LogP contribution in [0.5, 0.6) is 11.5 Å². The van der Waals surface area contributed by atoms with E-state index in [-0.39, 0.29) is 18.5 Å². The molecule has 2 atom stereocenters. The van der Waals surface area contributed by atoms with Crippen molar-refractivity contribution in [2.45, 2.75) is 31.6 Å². The minimum Gasteiger partial charge on any atom is -0.466 e. The van der Waals surface area contributed by atoms with E-state index in [1.165, 1.54) is 7.11 Å². The molecule has 2 aliphatic heterocycles. The first-order chi connectivity index (χ1) is 15.5. The van der Waals surface area contributed by atoms with Crippen LogP contribution >= 0.6 is 11.6 Å². The number of dihydropyridines is 1. The number of nitrogens with one attached hydrogen (secondary N) is 1. The number of hydrogen-bond donors (Lipinski definition) is 1. The molecule has 7 heteroatoms. The largest absolute Gasteiger partial charge is 0.466 e. The third-order valence-corrected chi connectivity index (χ3v) is 6.63. The first kappa shape index (κ1) is 20.6. The monoisotopic (exact) mass is 451 g/mol. The smallest absolute Gasteiger partial charge is 0.336 e. The van der Waals surface area contributed by atoms with Crippen LogP contribution in [0.15, 0.2) is 65.0 Å². The van der Waals surface area contributed by atoms with E-state index < -0.39 is 11.9 Å². The van der Waals surface area contributed by atoms with Crippen molar-refractivity contribution in [3.05, 3.63) is 81.2 Å². The summed E-state index contributed by atoms with van der Waals surface area (Å²) in [5.74, 6) is -0.0163. The molecule has 2 heterocycles. The van der Waals surface area contributed by atoms with Crippen LogP contribution in [0.2, 0.25) is 5.02 Å². The van der Waals surface area contributed by atoms with Gasteiger partial charge >= 0.3 is 5.97 Å². The van der Waals surface area contributed by atoms with Gasteiger partial charge in [-0.05, 0) is 36.5 Å². The molecule has 0 aromatic heterocycles. The van der Waals surface area contributed by atoms with Crippen LogP contribution in [0, 0.1) is 0 Å². The fraction of sp³-hybridized carbons (Fsp3) is 0.280. The van der Waals surface area contributed by atoms with Gasteiger partial charge < -0.3 is 19.5 Å². The van der Waals surface area contributed by atoms with Crippen molar-refractivity contribution < 1.29 is 23.8 Å². The van der Waals surface area contributed by atoms with E-state index in [2.05, 4.69) is 5.32 Å². The Morgan fingerprint density at radius 1 is 1.12 bits per heavy atom. The number of ketones is 1. The third kappa shape index (κ3) is 3.35. The predicted octanol–water partition coefficient (Wildman–Crippen LogP) is 4.60. The van der Waals surface area contributed by atoms with E-state index in [0.717, 1.165) is 11.3 Å². The van der Waals surface area contributed by atoms with Crippen molar-refractivity contribution in [2.24, 2.45) is 0 Å². The van der Waals surface area contributed by atoms with Crippen LogP contribution in [-0.4, -0.2) is 25.7 Å². The molecule has 0 saturated heterocycles. The van der Waals surface area contributed by atoms with Crippen LogP contribution in [0.4, 0.5) is 0 Å². The van der Waals surface area contributed by atoms with Gasteiger partial charge in [-0.1, -0.05) is 41.9 Å². The van der Waals surface area contributed by atoms with Gasteiger partial charge in [0.2, 0.25) is 6.79 Å². The Morgan fingerprint density at radius 2 is 1.84 bits per heavy atom. The topological polar surface area (TPSA) is 73.9 Å². The summed E-state index contributed by atoms with van der Waals surface area (Å²) in [7, 11) is 1.33. The normalized spacial score (nSPS) is 21.9. The zero-order chi connectivity index (χ0) is 22.4. The molecule has 2 unspecified atom stereocenters. The van der Waals surface area contributed by atoms with Crippen molar-refractivity contribution in [1.82, 2.24) is 5.32 Å². The number of Topliss-reactive ketones (excluding diaryl/α,β-unsaturated/α-hetero) is 1. The number of halogens is 1. The highest BCUT2D eigenvalue weighted by atomic mass is 35.5. The average molecular weight is 452 g/mol. The second-order valence-corrected chi connectivity index (χ2v) is 8.55. The lowest BCUT2D eigenvalue weighted by Crippen LogP contribution is -2.36. The van der Waals surface area contributed by atoms with Crippen LogP contribution < -0.4 is 14.8 Å². The molecule has 0 saturated carbocycles. The van der Waals surface area contributed by atoms with Crippen molar-refractivity contribution in [3.8, 4) is 11.5 Å². The number of ether oxygens (including phenoxy) is 3. The molecule has 2 aromatic rings. The van der Waals surface area contributed by atoms with Crippen molar-refractivity contribution in [3.63, 3.8) is 0 Å². The second kappa shape index (κ2) is 8.02. The van der Waals surface area contributed by atoms with Gasteiger partial charge in [0, 0.05) is 40.4 Å². The predicted molar refractivity (Wildman–Crippen MR) is 119 cm³/mol. The summed E-state index contributed by atoms with van der Waals surface area (Å²) in [6.07, 6.45) is 1.02. The minimum absolute atomic E-state index is 0.0137. The lowest BCUT2D eigenvalue weighted by molar-refractivity contribution is -0.136. The molecule has 164 valence electrons. The Bertz CT molecular complexity index is 1180. The van der Waals surface area contributed by atoms with Crippen LogP contribution in [0.1, 0.15) is 42.7 Å². The Labute approximate surface area is 190 Å². The number of hydrogen-bond acceptors (Lipinski definition) is 6. The third-order valence-electron chi connectivity index (χ3n) is 6.31. The van der Waals surface area contributed by atoms with E-state index in [0.29, 0.717) is 51.8 Å². The lowest BCUT2D eigenvalue weighted by Gasteiger charge is -2.36. The number of esters is 1. The Hall–Kier alpha value is -3.25. The summed E-state index contributed by atoms with van der Waals surface area (Å²) in [5.41, 5.74) is 4.14. The van der Waals surface area contributed by atoms with Crippen molar-refractivity contribution in [1.29, 1.82) is 0 Å². The van der Waals surface area contributed by atoms with Gasteiger partial charge in [-0.15, -0.1) is 0 Å². The molecule has 32 heavy (non-hydrogen) atoms. The van der Waals surface area contributed by atoms with E-state index in [4.69, 9.17) is 25.8 Å². The number of rotatable bonds is 3. The summed E-state index contributed by atoms with van der Waals surface area (Å²) in [6, 6.07) is 13.4. The molecule has 0 spiro atoms. The molecule has 0 fully saturated rings. The maximum atomic E-state index is 13.5. The average Bonchev–Trinajstić information content (AvgIpc) is 3.24. The summed E-state index contributed by atoms with van der Waals surface area (Å²) in [5, 5.41) is 3.73. The van der Waals surface area contributed by atoms with E-state index in [1.54, 1.807) is 12.1 Å². The molecule has 5 rings (SSSR count). The van der Waals surface area contributed by atoms with Gasteiger partial charge in [-0.2, -0.15) is 0 Å². The van der Waals surface area contributed by atoms with E-state index in [1.807, 2.05) is 37.3 Å². The standard InChI is InChI=1S/C25H22ClNO5/c1-13-22(25(29)30-2)23(16-10-20-21(11-17(16)26)32-12-31-20)24-18(27-13)8-15(9-19(24)28)14-6-4-3-5-7-14/h3-7,10-11,15,23,27H,8-9,12H2,1-2H3. The fourth-order valence-electron chi connectivity index (χ4n) is 4.85. The number of carbonyl (C=O) groups excluding carboxylic acids is 2. The highest BCUT2D eigenvalue weighted by molar-refractivity contribution is 6.32. The Morgan fingerprint density at radius 3 is 2.56 bits per heavy atom. The first-order valence-electron chi connectivity index (χ1n) is 10.4. The Kier molecular flexibility index (Phi) is 5.18. The van der Waals surface area contributed by atoms with Gasteiger partial charge in [-0.25, -0.2) is 4.79 Å². The van der Waals surface area contributed by atoms with Crippen molar-refractivity contribution >= 4 is 23.4 Å². The molecular weight excluding hydrogens is 430 g/mol. The molecule has 0 amide bonds. The van der Waals surface area contributed by atoms with Gasteiger partial charge in [0.05, 0.1) is 12.7 Å². The fourth-order valence-corrected chi connectivity index (χ4v) is 5.11. The van der Waals surface area contributed by atoms with Crippen LogP contribution in [0.3, 0.4) is 0 Å². The van der Waals surface area contributed by atoms with Crippen LogP contribution in [-0.2, 0) is 14.3 Å². The number of methoxy groups -OCH3 is 1. The maximum Gasteiger partial charge on any atom is 0.336 e. The summed E-state index contributed by atoms with van der Waals surface area (Å²) in [4.78, 5) is 26.4. The number of fused-ring (bicyclic) bond motifs is 1. The van der Waals surface area contributed by atoms with Gasteiger partial charge in [0.15, 0.2) is 17.3 Å². The van der Waals surface area contributed by atoms with Crippen molar-refractivity contribution in [2.75, 3.05) is 13.9 Å². The van der Waals surface area contributed by atoms with E-state index >= 15 is 0 Å². The SMILES string of the molecule is COC(=O)C1=C(C)NC2=C(C(=O)CC(c3ccccc3)C2)C1c1cc2c(cc1Cl)OCO2. The lowest BCUT2D eigenvalue weighted by atomic mass is 9.71. The van der Waals surface area contributed by atoms with Crippen LogP contribution in [0.25, 0.3) is 0 Å². The number of carbonyl (C=O) groups is 2. The van der Waals surface area contributed by atoms with Gasteiger partial charge in [-0.3, -0.25) is 4.79 Å². The molecule has 3 aliphatic rings. The first-order valence-corrected chi connectivity index (χ1v) is 10.8. The Balaban J connectivity index is 1.65. The van der Waals surface area contributed by atoms with E-state index in [9.17, 15) is 9.59 Å². The highest BCUT2D eigenvalue weighted by Gasteiger charge is 2.42. The van der Waals surface area contributed by atoms with Gasteiger partial charge in [0.25, 0.3) is 0 Å². The zero-order valence-corrected chi connectivity index (χ0v) is 18.5. The molecule has 0 bridgehead atoms. The summed E-state index contributed by atoms with van der Waals surface area (Å²) in [6.45, 7) is 1.92. The minimum atomic E-state index is -0.648. The molecule has 6 nitrogen and oxygen atoms in total. The second-order valence-electron chi connectivity index (χ2n) is 8.15. The molecule has 2 aromatic carbocycles. The molecular formula is C25H22ClNO5. The zero-order valence-electron chi connectivity index (χ0n) is 17.7. The molecule has 0 radical (unpaired) electrons. The quantitative estimate of drug-likeness (QED) is 0.687. The summed E-state index contributed by atoms with van der Waals surface area (Å²) >= 11 is 6.64. The summed E-state index contributed by atoms with van der Waals surface area (Å²) < 4.78 is 16.0. The molecule has 1 aliphatic carbocycles.